The number of thiazole rings is 1. The maximum Gasteiger partial charge on any atom is 0.229 e. The van der Waals surface area contributed by atoms with E-state index in [2.05, 4.69) is 22.5 Å². The summed E-state index contributed by atoms with van der Waals surface area (Å²) in [6.45, 7) is 3.05. The van der Waals surface area contributed by atoms with Crippen LogP contribution in [0.3, 0.4) is 0 Å². The Hall–Kier alpha value is -2.66. The third kappa shape index (κ3) is 5.02. The Morgan fingerprint density at radius 1 is 1.03 bits per heavy atom. The number of hydrogen-bond donors (Lipinski definition) is 2. The molecule has 1 atom stereocenters. The van der Waals surface area contributed by atoms with Crippen molar-refractivity contribution in [2.24, 2.45) is 0 Å². The Morgan fingerprint density at radius 2 is 1.74 bits per heavy atom. The van der Waals surface area contributed by atoms with Gasteiger partial charge in [-0.1, -0.05) is 40.6 Å². The molecule has 1 aliphatic heterocycles. The van der Waals surface area contributed by atoms with Gasteiger partial charge in [0.05, 0.1) is 20.6 Å². The first-order valence-electron chi connectivity index (χ1n) is 10.9. The molecule has 12 heteroatoms. The minimum atomic E-state index is -3.29. The molecule has 5 rings (SSSR count). The fraction of sp³-hybridized carbons (Fsp3) is 0.261. The van der Waals surface area contributed by atoms with E-state index in [0.717, 1.165) is 19.4 Å². The van der Waals surface area contributed by atoms with E-state index in [4.69, 9.17) is 38.2 Å². The summed E-state index contributed by atoms with van der Waals surface area (Å²) in [7, 11) is -3.29. The summed E-state index contributed by atoms with van der Waals surface area (Å²) in [4.78, 5) is 17.5. The first-order chi connectivity index (χ1) is 16.7. The second-order valence-corrected chi connectivity index (χ2v) is 12.2. The van der Waals surface area contributed by atoms with Gasteiger partial charge in [0.1, 0.15) is 5.52 Å². The zero-order valence-electron chi connectivity index (χ0n) is 18.9. The van der Waals surface area contributed by atoms with Crippen molar-refractivity contribution in [3.05, 3.63) is 52.5 Å². The maximum absolute atomic E-state index is 11.8. The number of anilines is 5. The SMILES string of the molecule is CC1CCCN1c1nc(Nc2ccc(S(C)(=O)=O)cc2)c2nc(Nc3c(Cl)cccc3Cl)sc2n1. The van der Waals surface area contributed by atoms with Gasteiger partial charge >= 0.3 is 0 Å². The Morgan fingerprint density at radius 3 is 2.37 bits per heavy atom. The van der Waals surface area contributed by atoms with E-state index in [1.54, 1.807) is 42.5 Å². The van der Waals surface area contributed by atoms with Crippen LogP contribution in [-0.2, 0) is 9.84 Å². The van der Waals surface area contributed by atoms with Gasteiger partial charge in [-0.15, -0.1) is 0 Å². The van der Waals surface area contributed by atoms with E-state index in [9.17, 15) is 8.42 Å². The number of halogens is 2. The van der Waals surface area contributed by atoms with Crippen LogP contribution < -0.4 is 15.5 Å². The molecule has 1 saturated heterocycles. The van der Waals surface area contributed by atoms with Gasteiger partial charge in [0.25, 0.3) is 0 Å². The minimum absolute atomic E-state index is 0.249. The molecule has 3 heterocycles. The number of rotatable bonds is 6. The van der Waals surface area contributed by atoms with Crippen molar-refractivity contribution in [1.29, 1.82) is 0 Å². The van der Waals surface area contributed by atoms with Crippen LogP contribution in [0.5, 0.6) is 0 Å². The first-order valence-corrected chi connectivity index (χ1v) is 14.4. The number of sulfone groups is 1. The van der Waals surface area contributed by atoms with Gasteiger partial charge in [0.15, 0.2) is 25.6 Å². The smallest absolute Gasteiger partial charge is 0.229 e. The second-order valence-electron chi connectivity index (χ2n) is 8.37. The average Bonchev–Trinajstić information content (AvgIpc) is 3.42. The quantitative estimate of drug-likeness (QED) is 0.290. The predicted molar refractivity (Wildman–Crippen MR) is 144 cm³/mol. The van der Waals surface area contributed by atoms with Crippen molar-refractivity contribution < 1.29 is 8.42 Å². The summed E-state index contributed by atoms with van der Waals surface area (Å²) >= 11 is 14.0. The Labute approximate surface area is 217 Å². The Kier molecular flexibility index (Phi) is 6.47. The number of aromatic nitrogens is 3. The number of hydrogen-bond acceptors (Lipinski definition) is 9. The molecular formula is C23H22Cl2N6O2S2. The largest absolute Gasteiger partial charge is 0.338 e. The molecule has 4 aromatic rings. The van der Waals surface area contributed by atoms with E-state index in [1.807, 2.05) is 0 Å². The van der Waals surface area contributed by atoms with Crippen LogP contribution in [-0.4, -0.2) is 42.2 Å². The molecule has 35 heavy (non-hydrogen) atoms. The lowest BCUT2D eigenvalue weighted by molar-refractivity contribution is 0.602. The number of fused-ring (bicyclic) bond motifs is 1. The number of nitrogens with zero attached hydrogens (tertiary/aromatic N) is 4. The van der Waals surface area contributed by atoms with Crippen LogP contribution in [0.1, 0.15) is 19.8 Å². The van der Waals surface area contributed by atoms with Crippen molar-refractivity contribution in [3.8, 4) is 0 Å². The molecule has 2 aromatic carbocycles. The molecule has 1 fully saturated rings. The van der Waals surface area contributed by atoms with Gasteiger partial charge < -0.3 is 15.5 Å². The number of nitrogens with one attached hydrogen (secondary N) is 2. The average molecular weight is 550 g/mol. The highest BCUT2D eigenvalue weighted by Gasteiger charge is 2.25. The second kappa shape index (κ2) is 9.42. The molecule has 0 saturated carbocycles. The molecule has 8 nitrogen and oxygen atoms in total. The van der Waals surface area contributed by atoms with Crippen LogP contribution in [0.25, 0.3) is 10.3 Å². The fourth-order valence-electron chi connectivity index (χ4n) is 3.96. The predicted octanol–water partition coefficient (Wildman–Crippen LogP) is 6.27. The molecule has 0 amide bonds. The molecule has 0 spiro atoms. The van der Waals surface area contributed by atoms with Crippen molar-refractivity contribution in [1.82, 2.24) is 15.0 Å². The van der Waals surface area contributed by atoms with Gasteiger partial charge in [-0.3, -0.25) is 0 Å². The van der Waals surface area contributed by atoms with Gasteiger partial charge in [0, 0.05) is 24.5 Å². The van der Waals surface area contributed by atoms with Crippen molar-refractivity contribution in [3.63, 3.8) is 0 Å². The lowest BCUT2D eigenvalue weighted by atomic mass is 10.2. The summed E-state index contributed by atoms with van der Waals surface area (Å²) in [6, 6.07) is 12.2. The van der Waals surface area contributed by atoms with Crippen molar-refractivity contribution in [2.75, 3.05) is 28.3 Å². The maximum atomic E-state index is 11.8. The monoisotopic (exact) mass is 548 g/mol. The van der Waals surface area contributed by atoms with E-state index >= 15 is 0 Å². The molecule has 2 N–H and O–H groups in total. The highest BCUT2D eigenvalue weighted by molar-refractivity contribution is 7.90. The third-order valence-electron chi connectivity index (χ3n) is 5.80. The Balaban J connectivity index is 1.56. The normalized spacial score (nSPS) is 16.1. The molecule has 2 aromatic heterocycles. The summed E-state index contributed by atoms with van der Waals surface area (Å²) < 4.78 is 23.6. The van der Waals surface area contributed by atoms with Crippen LogP contribution in [0.2, 0.25) is 10.0 Å². The zero-order valence-corrected chi connectivity index (χ0v) is 22.1. The minimum Gasteiger partial charge on any atom is -0.338 e. The van der Waals surface area contributed by atoms with Gasteiger partial charge in [0.2, 0.25) is 5.95 Å². The standard InChI is InChI=1S/C23H22Cl2N6O2S2/c1-13-5-4-12-31(13)22-29-20(26-14-8-10-15(11-9-14)35(2,32)33)19-21(30-22)34-23(28-19)27-18-16(24)6-3-7-17(18)25/h3,6-11,13H,4-5,12H2,1-2H3,(H,27,28)(H,26,29,30). The third-order valence-corrected chi connectivity index (χ3v) is 8.42. The topological polar surface area (TPSA) is 100 Å². The number of para-hydroxylation sites is 1. The van der Waals surface area contributed by atoms with Gasteiger partial charge in [-0.2, -0.15) is 9.97 Å². The van der Waals surface area contributed by atoms with Gasteiger partial charge in [-0.25, -0.2) is 13.4 Å². The van der Waals surface area contributed by atoms with Crippen LogP contribution in [0.4, 0.5) is 28.3 Å². The summed E-state index contributed by atoms with van der Waals surface area (Å²) in [5.41, 5.74) is 1.85. The Bertz CT molecular complexity index is 1490. The van der Waals surface area contributed by atoms with Crippen LogP contribution in [0.15, 0.2) is 47.4 Å². The lowest BCUT2D eigenvalue weighted by Gasteiger charge is -2.21. The van der Waals surface area contributed by atoms with E-state index in [1.165, 1.54) is 17.6 Å². The first kappa shape index (κ1) is 24.1. The van der Waals surface area contributed by atoms with Gasteiger partial charge in [-0.05, 0) is 56.2 Å². The van der Waals surface area contributed by atoms with E-state index in [0.29, 0.717) is 54.7 Å². The zero-order chi connectivity index (χ0) is 24.7. The summed E-state index contributed by atoms with van der Waals surface area (Å²) in [5.74, 6) is 1.16. The molecule has 0 bridgehead atoms. The van der Waals surface area contributed by atoms with E-state index in [-0.39, 0.29) is 4.90 Å². The van der Waals surface area contributed by atoms with Crippen LogP contribution >= 0.6 is 34.5 Å². The van der Waals surface area contributed by atoms with E-state index < -0.39 is 9.84 Å². The highest BCUT2D eigenvalue weighted by atomic mass is 35.5. The molecule has 0 radical (unpaired) electrons. The highest BCUT2D eigenvalue weighted by Crippen LogP contribution is 2.38. The molecular weight excluding hydrogens is 527 g/mol. The summed E-state index contributed by atoms with van der Waals surface area (Å²) in [5, 5.41) is 8.05. The van der Waals surface area contributed by atoms with Crippen LogP contribution in [0, 0.1) is 0 Å². The van der Waals surface area contributed by atoms with Crippen molar-refractivity contribution in [2.45, 2.75) is 30.7 Å². The molecule has 0 aliphatic carbocycles. The number of benzene rings is 2. The molecule has 1 aliphatic rings. The fourth-order valence-corrected chi connectivity index (χ4v) is 5.92. The van der Waals surface area contributed by atoms with Crippen molar-refractivity contribution >= 4 is 83.0 Å². The summed E-state index contributed by atoms with van der Waals surface area (Å²) in [6.07, 6.45) is 3.35. The lowest BCUT2D eigenvalue weighted by Crippen LogP contribution is -2.28. The molecule has 182 valence electrons. The molecule has 1 unspecified atom stereocenters.